The summed E-state index contributed by atoms with van der Waals surface area (Å²) < 4.78 is 0. The Morgan fingerprint density at radius 3 is 2.14 bits per heavy atom. The van der Waals surface area contributed by atoms with E-state index in [1.54, 1.807) is 0 Å². The SMILES string of the molecule is CC1CC[N]CC1. The van der Waals surface area contributed by atoms with Gasteiger partial charge in [-0.15, -0.1) is 0 Å². The van der Waals surface area contributed by atoms with E-state index in [-0.39, 0.29) is 0 Å². The van der Waals surface area contributed by atoms with E-state index in [1.165, 1.54) is 12.8 Å². The lowest BCUT2D eigenvalue weighted by Crippen LogP contribution is -2.20. The molecule has 0 aliphatic carbocycles. The molecule has 1 fully saturated rings. The summed E-state index contributed by atoms with van der Waals surface area (Å²) in [5.74, 6) is 0.942. The molecule has 7 heavy (non-hydrogen) atoms. The van der Waals surface area contributed by atoms with Crippen molar-refractivity contribution in [2.75, 3.05) is 13.1 Å². The topological polar surface area (TPSA) is 14.1 Å². The van der Waals surface area contributed by atoms with Gasteiger partial charge in [-0.1, -0.05) is 6.92 Å². The quantitative estimate of drug-likeness (QED) is 0.429. The Labute approximate surface area is 45.1 Å². The van der Waals surface area contributed by atoms with E-state index in [0.29, 0.717) is 0 Å². The maximum absolute atomic E-state index is 4.23. The summed E-state index contributed by atoms with van der Waals surface area (Å²) >= 11 is 0. The van der Waals surface area contributed by atoms with Gasteiger partial charge < -0.3 is 0 Å². The lowest BCUT2D eigenvalue weighted by molar-refractivity contribution is 0.396. The van der Waals surface area contributed by atoms with E-state index >= 15 is 0 Å². The molecule has 0 bridgehead atoms. The maximum Gasteiger partial charge on any atom is 0.0135 e. The molecule has 1 nitrogen and oxygen atoms in total. The van der Waals surface area contributed by atoms with Crippen molar-refractivity contribution < 1.29 is 0 Å². The molecule has 0 aromatic heterocycles. The fraction of sp³-hybridized carbons (Fsp3) is 1.00. The molecule has 1 aliphatic heterocycles. The maximum atomic E-state index is 4.23. The molecule has 0 saturated carbocycles. The highest BCUT2D eigenvalue weighted by atomic mass is 14.9. The predicted octanol–water partition coefficient (Wildman–Crippen LogP) is 1.02. The summed E-state index contributed by atoms with van der Waals surface area (Å²) in [5.41, 5.74) is 0. The van der Waals surface area contributed by atoms with Crippen LogP contribution in [0, 0.1) is 5.92 Å². The number of hydrogen-bond acceptors (Lipinski definition) is 0. The standard InChI is InChI=1S/C6H12N/c1-6-2-4-7-5-3-6/h6H,2-5H2,1H3. The fourth-order valence-corrected chi connectivity index (χ4v) is 0.879. The van der Waals surface area contributed by atoms with Crippen molar-refractivity contribution in [2.45, 2.75) is 19.8 Å². The molecule has 1 heterocycles. The van der Waals surface area contributed by atoms with Gasteiger partial charge in [-0.25, -0.2) is 5.32 Å². The van der Waals surface area contributed by atoms with Crippen LogP contribution in [-0.2, 0) is 0 Å². The monoisotopic (exact) mass is 98.1 g/mol. The summed E-state index contributed by atoms with van der Waals surface area (Å²) in [4.78, 5) is 0. The molecule has 1 radical (unpaired) electrons. The van der Waals surface area contributed by atoms with Gasteiger partial charge in [0, 0.05) is 13.1 Å². The van der Waals surface area contributed by atoms with Gasteiger partial charge in [0.25, 0.3) is 0 Å². The highest BCUT2D eigenvalue weighted by Crippen LogP contribution is 2.09. The second-order valence-corrected chi connectivity index (χ2v) is 2.35. The third kappa shape index (κ3) is 1.48. The highest BCUT2D eigenvalue weighted by Gasteiger charge is 2.06. The van der Waals surface area contributed by atoms with Gasteiger partial charge in [0.1, 0.15) is 0 Å². The fourth-order valence-electron chi connectivity index (χ4n) is 0.879. The Bertz CT molecular complexity index is 46.1. The van der Waals surface area contributed by atoms with Crippen LogP contribution in [-0.4, -0.2) is 13.1 Å². The molecular weight excluding hydrogens is 86.1 g/mol. The zero-order valence-corrected chi connectivity index (χ0v) is 4.85. The van der Waals surface area contributed by atoms with E-state index < -0.39 is 0 Å². The average molecular weight is 98.2 g/mol. The lowest BCUT2D eigenvalue weighted by Gasteiger charge is -2.15. The second kappa shape index (κ2) is 2.31. The molecule has 1 saturated heterocycles. The molecule has 1 rings (SSSR count). The van der Waals surface area contributed by atoms with Crippen LogP contribution >= 0.6 is 0 Å². The first-order chi connectivity index (χ1) is 3.39. The van der Waals surface area contributed by atoms with E-state index in [1.807, 2.05) is 0 Å². The Morgan fingerprint density at radius 1 is 1.29 bits per heavy atom. The number of piperidine rings is 1. The minimum atomic E-state index is 0.942. The summed E-state index contributed by atoms with van der Waals surface area (Å²) in [6.45, 7) is 4.52. The predicted molar refractivity (Wildman–Crippen MR) is 30.3 cm³/mol. The first kappa shape index (κ1) is 5.10. The zero-order valence-electron chi connectivity index (χ0n) is 4.85. The Hall–Kier alpha value is -0.0400. The van der Waals surface area contributed by atoms with Crippen LogP contribution in [0.25, 0.3) is 0 Å². The van der Waals surface area contributed by atoms with Crippen LogP contribution in [0.15, 0.2) is 0 Å². The molecule has 0 aromatic rings. The Morgan fingerprint density at radius 2 is 1.86 bits per heavy atom. The normalized spacial score (nSPS) is 25.3. The summed E-state index contributed by atoms with van der Waals surface area (Å²) in [5, 5.41) is 4.23. The molecule has 0 amide bonds. The van der Waals surface area contributed by atoms with Crippen molar-refractivity contribution in [3.05, 3.63) is 0 Å². The van der Waals surface area contributed by atoms with Crippen molar-refractivity contribution in [3.8, 4) is 0 Å². The Balaban J connectivity index is 2.12. The van der Waals surface area contributed by atoms with E-state index in [0.717, 1.165) is 19.0 Å². The first-order valence-corrected chi connectivity index (χ1v) is 3.03. The van der Waals surface area contributed by atoms with Crippen molar-refractivity contribution in [2.24, 2.45) is 5.92 Å². The average Bonchev–Trinajstić information content (AvgIpc) is 1.69. The van der Waals surface area contributed by atoms with Gasteiger partial charge in [-0.05, 0) is 18.8 Å². The van der Waals surface area contributed by atoms with Crippen LogP contribution in [0.1, 0.15) is 19.8 Å². The Kier molecular flexibility index (Phi) is 1.69. The van der Waals surface area contributed by atoms with Crippen LogP contribution < -0.4 is 5.32 Å². The van der Waals surface area contributed by atoms with Gasteiger partial charge in [-0.2, -0.15) is 0 Å². The molecule has 1 heteroatoms. The van der Waals surface area contributed by atoms with Crippen molar-refractivity contribution >= 4 is 0 Å². The summed E-state index contributed by atoms with van der Waals surface area (Å²) in [7, 11) is 0. The van der Waals surface area contributed by atoms with E-state index in [9.17, 15) is 0 Å². The minimum absolute atomic E-state index is 0.942. The van der Waals surface area contributed by atoms with Crippen molar-refractivity contribution in [1.82, 2.24) is 5.32 Å². The summed E-state index contributed by atoms with van der Waals surface area (Å²) in [6, 6.07) is 0. The molecule has 0 atom stereocenters. The first-order valence-electron chi connectivity index (χ1n) is 3.03. The van der Waals surface area contributed by atoms with Gasteiger partial charge in [0.15, 0.2) is 0 Å². The molecule has 0 spiro atoms. The van der Waals surface area contributed by atoms with Crippen LogP contribution in [0.5, 0.6) is 0 Å². The zero-order chi connectivity index (χ0) is 5.11. The van der Waals surface area contributed by atoms with Crippen molar-refractivity contribution in [1.29, 1.82) is 0 Å². The number of rotatable bonds is 0. The third-order valence-corrected chi connectivity index (χ3v) is 1.56. The van der Waals surface area contributed by atoms with Crippen LogP contribution in [0.3, 0.4) is 0 Å². The van der Waals surface area contributed by atoms with Gasteiger partial charge >= 0.3 is 0 Å². The van der Waals surface area contributed by atoms with Crippen LogP contribution in [0.4, 0.5) is 0 Å². The number of nitrogens with zero attached hydrogens (tertiary/aromatic N) is 1. The summed E-state index contributed by atoms with van der Waals surface area (Å²) in [6.07, 6.45) is 2.64. The second-order valence-electron chi connectivity index (χ2n) is 2.35. The van der Waals surface area contributed by atoms with Crippen molar-refractivity contribution in [3.63, 3.8) is 0 Å². The van der Waals surface area contributed by atoms with Gasteiger partial charge in [0.2, 0.25) is 0 Å². The largest absolute Gasteiger partial charge is 0.242 e. The molecule has 0 aromatic carbocycles. The molecule has 41 valence electrons. The van der Waals surface area contributed by atoms with Gasteiger partial charge in [0.05, 0.1) is 0 Å². The molecule has 0 unspecified atom stereocenters. The molecule has 0 N–H and O–H groups in total. The van der Waals surface area contributed by atoms with E-state index in [4.69, 9.17) is 0 Å². The number of hydrogen-bond donors (Lipinski definition) is 0. The highest BCUT2D eigenvalue weighted by molar-refractivity contribution is 4.62. The van der Waals surface area contributed by atoms with Crippen LogP contribution in [0.2, 0.25) is 0 Å². The smallest absolute Gasteiger partial charge is 0.0135 e. The minimum Gasteiger partial charge on any atom is -0.242 e. The molecule has 1 aliphatic rings. The lowest BCUT2D eigenvalue weighted by atomic mass is 10.0. The molecular formula is C6H12N. The van der Waals surface area contributed by atoms with Gasteiger partial charge in [-0.3, -0.25) is 0 Å². The van der Waals surface area contributed by atoms with E-state index in [2.05, 4.69) is 12.2 Å². The third-order valence-electron chi connectivity index (χ3n) is 1.56.